The zero-order valence-corrected chi connectivity index (χ0v) is 11.1. The second-order valence-corrected chi connectivity index (χ2v) is 4.29. The Kier molecular flexibility index (Phi) is 4.60. The maximum Gasteiger partial charge on any atom is 0.222 e. The summed E-state index contributed by atoms with van der Waals surface area (Å²) in [5, 5.41) is 13.5. The van der Waals surface area contributed by atoms with Gasteiger partial charge in [0.25, 0.3) is 0 Å². The minimum atomic E-state index is -0.235. The predicted molar refractivity (Wildman–Crippen MR) is 74.9 cm³/mol. The third kappa shape index (κ3) is 4.31. The van der Waals surface area contributed by atoms with Crippen LogP contribution in [-0.4, -0.2) is 22.6 Å². The molecule has 1 heterocycles. The molecule has 1 aromatic heterocycles. The van der Waals surface area contributed by atoms with E-state index in [1.165, 1.54) is 19.1 Å². The third-order valence-corrected chi connectivity index (χ3v) is 2.60. The summed E-state index contributed by atoms with van der Waals surface area (Å²) in [7, 11) is 0. The van der Waals surface area contributed by atoms with Crippen LogP contribution in [0.3, 0.4) is 0 Å². The highest BCUT2D eigenvalue weighted by Crippen LogP contribution is 2.07. The van der Waals surface area contributed by atoms with Gasteiger partial charge in [0.1, 0.15) is 11.6 Å². The van der Waals surface area contributed by atoms with Gasteiger partial charge in [0.2, 0.25) is 5.91 Å². The molecular formula is C14H15FN4O. The lowest BCUT2D eigenvalue weighted by atomic mass is 10.1. The van der Waals surface area contributed by atoms with E-state index >= 15 is 0 Å². The number of hydrogen-bond donors (Lipinski definition) is 2. The summed E-state index contributed by atoms with van der Waals surface area (Å²) in [6.45, 7) is 2.08. The Hall–Kier alpha value is -2.50. The van der Waals surface area contributed by atoms with E-state index in [1.807, 2.05) is 0 Å². The van der Waals surface area contributed by atoms with Crippen molar-refractivity contribution >= 4 is 17.5 Å². The lowest BCUT2D eigenvalue weighted by Crippen LogP contribution is -2.10. The van der Waals surface area contributed by atoms with Gasteiger partial charge in [0.05, 0.1) is 0 Å². The van der Waals surface area contributed by atoms with Gasteiger partial charge in [0, 0.05) is 13.5 Å². The van der Waals surface area contributed by atoms with Gasteiger partial charge in [0.15, 0.2) is 5.82 Å². The normalized spacial score (nSPS) is 10.1. The number of rotatable bonds is 5. The van der Waals surface area contributed by atoms with Crippen LogP contribution in [-0.2, 0) is 11.2 Å². The van der Waals surface area contributed by atoms with Crippen molar-refractivity contribution in [3.05, 3.63) is 47.8 Å². The molecule has 2 N–H and O–H groups in total. The molecule has 104 valence electrons. The summed E-state index contributed by atoms with van der Waals surface area (Å²) >= 11 is 0. The van der Waals surface area contributed by atoms with Crippen molar-refractivity contribution in [3.63, 3.8) is 0 Å². The van der Waals surface area contributed by atoms with Crippen molar-refractivity contribution in [1.29, 1.82) is 0 Å². The van der Waals surface area contributed by atoms with Gasteiger partial charge in [-0.2, -0.15) is 0 Å². The van der Waals surface area contributed by atoms with Gasteiger partial charge in [-0.25, -0.2) is 4.39 Å². The number of hydrogen-bond acceptors (Lipinski definition) is 4. The Morgan fingerprint density at radius 2 is 1.75 bits per heavy atom. The standard InChI is InChI=1S/C14H15FN4O/c1-10(20)17-14-7-6-13(18-19-14)16-9-8-11-2-4-12(15)5-3-11/h2-7H,8-9H2,1H3,(H,16,18)(H,17,19,20). The van der Waals surface area contributed by atoms with Crippen molar-refractivity contribution in [2.24, 2.45) is 0 Å². The molecule has 5 nitrogen and oxygen atoms in total. The molecular weight excluding hydrogens is 259 g/mol. The van der Waals surface area contributed by atoms with E-state index in [0.29, 0.717) is 18.2 Å². The molecule has 0 fully saturated rings. The van der Waals surface area contributed by atoms with Gasteiger partial charge in [-0.1, -0.05) is 12.1 Å². The quantitative estimate of drug-likeness (QED) is 0.877. The summed E-state index contributed by atoms with van der Waals surface area (Å²) in [5.41, 5.74) is 1.04. The molecule has 0 unspecified atom stereocenters. The van der Waals surface area contributed by atoms with E-state index in [9.17, 15) is 9.18 Å². The van der Waals surface area contributed by atoms with Crippen LogP contribution in [0.4, 0.5) is 16.0 Å². The first kappa shape index (κ1) is 13.9. The number of amides is 1. The van der Waals surface area contributed by atoms with Crippen LogP contribution in [0.15, 0.2) is 36.4 Å². The Balaban J connectivity index is 1.82. The predicted octanol–water partition coefficient (Wildman–Crippen LogP) is 2.23. The van der Waals surface area contributed by atoms with Crippen LogP contribution >= 0.6 is 0 Å². The van der Waals surface area contributed by atoms with E-state index in [2.05, 4.69) is 20.8 Å². The average molecular weight is 274 g/mol. The SMILES string of the molecule is CC(=O)Nc1ccc(NCCc2ccc(F)cc2)nn1. The summed E-state index contributed by atoms with van der Waals surface area (Å²) in [6, 6.07) is 9.80. The largest absolute Gasteiger partial charge is 0.368 e. The molecule has 0 aliphatic rings. The molecule has 2 aromatic rings. The van der Waals surface area contributed by atoms with Crippen LogP contribution in [0.5, 0.6) is 0 Å². The van der Waals surface area contributed by atoms with E-state index in [-0.39, 0.29) is 11.7 Å². The van der Waals surface area contributed by atoms with Crippen molar-refractivity contribution in [3.8, 4) is 0 Å². The molecule has 0 atom stereocenters. The zero-order valence-electron chi connectivity index (χ0n) is 11.1. The van der Waals surface area contributed by atoms with Crippen LogP contribution in [0.2, 0.25) is 0 Å². The number of nitrogens with zero attached hydrogens (tertiary/aromatic N) is 2. The molecule has 0 bridgehead atoms. The molecule has 0 aliphatic heterocycles. The number of carbonyl (C=O) groups excluding carboxylic acids is 1. The Morgan fingerprint density at radius 1 is 1.10 bits per heavy atom. The maximum atomic E-state index is 12.7. The first-order valence-corrected chi connectivity index (χ1v) is 6.23. The third-order valence-electron chi connectivity index (χ3n) is 2.60. The highest BCUT2D eigenvalue weighted by atomic mass is 19.1. The van der Waals surface area contributed by atoms with E-state index in [4.69, 9.17) is 0 Å². The van der Waals surface area contributed by atoms with Gasteiger partial charge in [-0.15, -0.1) is 10.2 Å². The number of nitrogens with one attached hydrogen (secondary N) is 2. The molecule has 2 rings (SSSR count). The van der Waals surface area contributed by atoms with Gasteiger partial charge >= 0.3 is 0 Å². The smallest absolute Gasteiger partial charge is 0.222 e. The number of anilines is 2. The number of halogens is 1. The average Bonchev–Trinajstić information content (AvgIpc) is 2.42. The Bertz CT molecular complexity index is 569. The topological polar surface area (TPSA) is 66.9 Å². The van der Waals surface area contributed by atoms with Crippen molar-refractivity contribution in [2.45, 2.75) is 13.3 Å². The fourth-order valence-corrected chi connectivity index (χ4v) is 1.66. The second-order valence-electron chi connectivity index (χ2n) is 4.29. The maximum absolute atomic E-state index is 12.7. The first-order chi connectivity index (χ1) is 9.63. The van der Waals surface area contributed by atoms with E-state index < -0.39 is 0 Å². The molecule has 0 radical (unpaired) electrons. The molecule has 1 amide bonds. The lowest BCUT2D eigenvalue weighted by Gasteiger charge is -2.06. The van der Waals surface area contributed by atoms with Crippen molar-refractivity contribution in [2.75, 3.05) is 17.2 Å². The molecule has 0 saturated heterocycles. The minimum absolute atomic E-state index is 0.184. The summed E-state index contributed by atoms with van der Waals surface area (Å²) < 4.78 is 12.7. The molecule has 20 heavy (non-hydrogen) atoms. The summed E-state index contributed by atoms with van der Waals surface area (Å²) in [5.74, 6) is 0.625. The van der Waals surface area contributed by atoms with E-state index in [0.717, 1.165) is 12.0 Å². The number of carbonyl (C=O) groups is 1. The monoisotopic (exact) mass is 274 g/mol. The minimum Gasteiger partial charge on any atom is -0.368 e. The molecule has 0 aliphatic carbocycles. The first-order valence-electron chi connectivity index (χ1n) is 6.23. The van der Waals surface area contributed by atoms with Crippen LogP contribution in [0, 0.1) is 5.82 Å². The van der Waals surface area contributed by atoms with E-state index in [1.54, 1.807) is 24.3 Å². The number of aromatic nitrogens is 2. The summed E-state index contributed by atoms with van der Waals surface area (Å²) in [4.78, 5) is 10.8. The fraction of sp³-hybridized carbons (Fsp3) is 0.214. The summed E-state index contributed by atoms with van der Waals surface area (Å²) in [6.07, 6.45) is 0.759. The Labute approximate surface area is 116 Å². The lowest BCUT2D eigenvalue weighted by molar-refractivity contribution is -0.114. The van der Waals surface area contributed by atoms with Gasteiger partial charge in [-0.3, -0.25) is 4.79 Å². The van der Waals surface area contributed by atoms with Gasteiger partial charge in [-0.05, 0) is 36.2 Å². The molecule has 0 spiro atoms. The molecule has 0 saturated carbocycles. The van der Waals surface area contributed by atoms with Gasteiger partial charge < -0.3 is 10.6 Å². The highest BCUT2D eigenvalue weighted by molar-refractivity contribution is 5.87. The molecule has 1 aromatic carbocycles. The van der Waals surface area contributed by atoms with Crippen LogP contribution in [0.25, 0.3) is 0 Å². The van der Waals surface area contributed by atoms with Crippen LogP contribution in [0.1, 0.15) is 12.5 Å². The zero-order chi connectivity index (χ0) is 14.4. The van der Waals surface area contributed by atoms with Crippen molar-refractivity contribution < 1.29 is 9.18 Å². The number of benzene rings is 1. The second kappa shape index (κ2) is 6.60. The fourth-order valence-electron chi connectivity index (χ4n) is 1.66. The highest BCUT2D eigenvalue weighted by Gasteiger charge is 1.99. The molecule has 6 heteroatoms. The van der Waals surface area contributed by atoms with Crippen molar-refractivity contribution in [1.82, 2.24) is 10.2 Å². The van der Waals surface area contributed by atoms with Crippen LogP contribution < -0.4 is 10.6 Å². The Morgan fingerprint density at radius 3 is 2.35 bits per heavy atom.